The van der Waals surface area contributed by atoms with Crippen LogP contribution >= 0.6 is 0 Å². The second kappa shape index (κ2) is 11.7. The standard InChI is InChI=1S/C37H49N5OSi/c1-26-17-18-32-31(25-43-44(35(2,3)4,29-13-9-7-10-14-29)30-15-11-8-12-16-30)33(19-20-36(26,32)5)37(6)22-27-23-39-41-34(27)21-28(37)24-40-42-38/h7-16,23,28,31-33H,1,17-22,24-25H2,2-6H3,(H,39,41)/t28-,31+,32+,33+,36-,37+/m1/s1. The van der Waals surface area contributed by atoms with E-state index in [4.69, 9.17) is 4.43 Å². The minimum Gasteiger partial charge on any atom is -0.407 e. The lowest BCUT2D eigenvalue weighted by atomic mass is 9.49. The van der Waals surface area contributed by atoms with Crippen molar-refractivity contribution in [1.29, 1.82) is 0 Å². The number of hydrogen-bond donors (Lipinski definition) is 1. The summed E-state index contributed by atoms with van der Waals surface area (Å²) in [6, 6.07) is 22.1. The van der Waals surface area contributed by atoms with E-state index in [2.05, 4.69) is 122 Å². The molecule has 44 heavy (non-hydrogen) atoms. The highest BCUT2D eigenvalue weighted by atomic mass is 28.4. The van der Waals surface area contributed by atoms with Gasteiger partial charge < -0.3 is 4.43 Å². The smallest absolute Gasteiger partial charge is 0.261 e. The molecule has 1 N–H and O–H groups in total. The van der Waals surface area contributed by atoms with E-state index < -0.39 is 8.32 Å². The van der Waals surface area contributed by atoms with Crippen molar-refractivity contribution >= 4 is 18.7 Å². The number of H-pyrrole nitrogens is 1. The van der Waals surface area contributed by atoms with Gasteiger partial charge in [0.2, 0.25) is 0 Å². The third kappa shape index (κ3) is 4.98. The summed E-state index contributed by atoms with van der Waals surface area (Å²) in [4.78, 5) is 3.21. The maximum Gasteiger partial charge on any atom is 0.261 e. The predicted octanol–water partition coefficient (Wildman–Crippen LogP) is 8.02. The predicted molar refractivity (Wildman–Crippen MR) is 181 cm³/mol. The average Bonchev–Trinajstić information content (AvgIpc) is 3.59. The summed E-state index contributed by atoms with van der Waals surface area (Å²) in [5.74, 6) is 1.59. The van der Waals surface area contributed by atoms with Gasteiger partial charge in [-0.3, -0.25) is 5.10 Å². The van der Waals surface area contributed by atoms with Gasteiger partial charge in [0.05, 0.1) is 6.20 Å². The number of azide groups is 1. The van der Waals surface area contributed by atoms with Gasteiger partial charge in [0.1, 0.15) is 0 Å². The molecule has 0 aliphatic heterocycles. The first kappa shape index (κ1) is 30.9. The summed E-state index contributed by atoms with van der Waals surface area (Å²) in [5, 5.41) is 14.4. The fraction of sp³-hybridized carbons (Fsp3) is 0.541. The topological polar surface area (TPSA) is 86.7 Å². The van der Waals surface area contributed by atoms with Gasteiger partial charge in [-0.15, -0.1) is 0 Å². The molecule has 2 aromatic carbocycles. The lowest BCUT2D eigenvalue weighted by Crippen LogP contribution is -2.67. The number of benzene rings is 2. The molecule has 1 aromatic heterocycles. The van der Waals surface area contributed by atoms with E-state index in [0.717, 1.165) is 32.3 Å². The first-order valence-electron chi connectivity index (χ1n) is 16.5. The van der Waals surface area contributed by atoms with E-state index in [-0.39, 0.29) is 21.8 Å². The van der Waals surface area contributed by atoms with Crippen LogP contribution in [0, 0.1) is 34.5 Å². The largest absolute Gasteiger partial charge is 0.407 e. The Kier molecular flexibility index (Phi) is 8.19. The molecule has 0 saturated heterocycles. The minimum absolute atomic E-state index is 0.0320. The summed E-state index contributed by atoms with van der Waals surface area (Å²) in [5.41, 5.74) is 13.4. The second-order valence-electron chi connectivity index (χ2n) is 15.3. The monoisotopic (exact) mass is 607 g/mol. The average molecular weight is 608 g/mol. The Morgan fingerprint density at radius 3 is 2.32 bits per heavy atom. The Labute approximate surface area is 264 Å². The molecular weight excluding hydrogens is 559 g/mol. The van der Waals surface area contributed by atoms with Crippen molar-refractivity contribution in [1.82, 2.24) is 10.2 Å². The molecular formula is C37H49N5OSi. The fourth-order valence-electron chi connectivity index (χ4n) is 9.77. The van der Waals surface area contributed by atoms with Crippen LogP contribution in [0.1, 0.15) is 71.6 Å². The van der Waals surface area contributed by atoms with Gasteiger partial charge >= 0.3 is 0 Å². The molecule has 1 heterocycles. The van der Waals surface area contributed by atoms with E-state index >= 15 is 0 Å². The van der Waals surface area contributed by atoms with E-state index in [1.807, 2.05) is 6.20 Å². The number of rotatable bonds is 8. The zero-order valence-corrected chi connectivity index (χ0v) is 28.2. The molecule has 2 saturated carbocycles. The summed E-state index contributed by atoms with van der Waals surface area (Å²) >= 11 is 0. The van der Waals surface area contributed by atoms with Gasteiger partial charge in [-0.1, -0.05) is 113 Å². The van der Waals surface area contributed by atoms with Crippen molar-refractivity contribution in [3.63, 3.8) is 0 Å². The van der Waals surface area contributed by atoms with Crippen molar-refractivity contribution in [2.24, 2.45) is 39.6 Å². The number of nitrogens with zero attached hydrogens (tertiary/aromatic N) is 4. The van der Waals surface area contributed by atoms with Gasteiger partial charge in [-0.2, -0.15) is 5.10 Å². The molecule has 2 fully saturated rings. The highest BCUT2D eigenvalue weighted by molar-refractivity contribution is 6.99. The Morgan fingerprint density at radius 1 is 1.05 bits per heavy atom. The van der Waals surface area contributed by atoms with Gasteiger partial charge in [0.15, 0.2) is 0 Å². The van der Waals surface area contributed by atoms with Crippen LogP contribution in [0.2, 0.25) is 5.04 Å². The quantitative estimate of drug-likeness (QED) is 0.0924. The molecule has 6 rings (SSSR count). The maximum atomic E-state index is 9.35. The fourth-order valence-corrected chi connectivity index (χ4v) is 14.4. The molecule has 0 radical (unpaired) electrons. The Bertz CT molecular complexity index is 1480. The summed E-state index contributed by atoms with van der Waals surface area (Å²) in [6.45, 7) is 17.9. The zero-order valence-electron chi connectivity index (χ0n) is 27.2. The normalized spacial score (nSPS) is 30.3. The number of nitrogens with one attached hydrogen (secondary N) is 1. The van der Waals surface area contributed by atoms with Crippen LogP contribution < -0.4 is 10.4 Å². The van der Waals surface area contributed by atoms with Gasteiger partial charge in [-0.05, 0) is 99.5 Å². The van der Waals surface area contributed by atoms with Crippen molar-refractivity contribution < 1.29 is 4.43 Å². The summed E-state index contributed by atoms with van der Waals surface area (Å²) in [7, 11) is -2.71. The molecule has 3 aromatic rings. The third-order valence-corrected chi connectivity index (χ3v) is 17.3. The molecule has 6 nitrogen and oxygen atoms in total. The third-order valence-electron chi connectivity index (χ3n) is 12.3. The second-order valence-corrected chi connectivity index (χ2v) is 19.6. The Hall–Kier alpha value is -3.12. The molecule has 3 aliphatic carbocycles. The number of aromatic nitrogens is 2. The first-order valence-corrected chi connectivity index (χ1v) is 18.4. The lowest BCUT2D eigenvalue weighted by molar-refractivity contribution is -0.0599. The van der Waals surface area contributed by atoms with Crippen LogP contribution in [0.15, 0.2) is 84.1 Å². The van der Waals surface area contributed by atoms with Crippen LogP contribution in [0.3, 0.4) is 0 Å². The van der Waals surface area contributed by atoms with E-state index in [1.54, 1.807) is 0 Å². The van der Waals surface area contributed by atoms with Gasteiger partial charge in [-0.25, -0.2) is 0 Å². The molecule has 7 heteroatoms. The van der Waals surface area contributed by atoms with Crippen molar-refractivity contribution in [3.05, 3.63) is 101 Å². The van der Waals surface area contributed by atoms with Gasteiger partial charge in [0, 0.05) is 23.8 Å². The van der Waals surface area contributed by atoms with E-state index in [9.17, 15) is 5.53 Å². The minimum atomic E-state index is -2.71. The summed E-state index contributed by atoms with van der Waals surface area (Å²) in [6.07, 6.45) is 8.43. The van der Waals surface area contributed by atoms with Gasteiger partial charge in [0.25, 0.3) is 8.32 Å². The van der Waals surface area contributed by atoms with Crippen molar-refractivity contribution in [3.8, 4) is 0 Å². The summed E-state index contributed by atoms with van der Waals surface area (Å²) < 4.78 is 7.74. The van der Waals surface area contributed by atoms with Crippen molar-refractivity contribution in [2.45, 2.75) is 78.2 Å². The SMILES string of the molecule is C=C1CC[C@H]2[C@H](CO[Si](c3ccccc3)(c3ccccc3)C(C)(C)C)[C@@H]([C@@]3(C)Cc4cn[nH]c4C[C@@H]3CN=[N+]=[N-])CC[C@]12C. The number of aromatic amines is 1. The van der Waals surface area contributed by atoms with E-state index in [0.29, 0.717) is 24.3 Å². The highest BCUT2D eigenvalue weighted by Gasteiger charge is 2.58. The number of hydrogen-bond acceptors (Lipinski definition) is 3. The van der Waals surface area contributed by atoms with Crippen LogP contribution in [-0.4, -0.2) is 31.7 Å². The molecule has 0 spiro atoms. The molecule has 6 atom stereocenters. The Morgan fingerprint density at radius 2 is 1.70 bits per heavy atom. The van der Waals surface area contributed by atoms with E-state index in [1.165, 1.54) is 40.0 Å². The van der Waals surface area contributed by atoms with Crippen LogP contribution in [0.4, 0.5) is 0 Å². The molecule has 0 amide bonds. The van der Waals surface area contributed by atoms with Crippen LogP contribution in [0.25, 0.3) is 10.4 Å². The molecule has 0 bridgehead atoms. The maximum absolute atomic E-state index is 9.35. The number of fused-ring (bicyclic) bond motifs is 2. The van der Waals surface area contributed by atoms with Crippen molar-refractivity contribution in [2.75, 3.05) is 13.2 Å². The molecule has 232 valence electrons. The van der Waals surface area contributed by atoms with Crippen LogP contribution in [-0.2, 0) is 17.3 Å². The molecule has 3 aliphatic rings. The highest BCUT2D eigenvalue weighted by Crippen LogP contribution is 2.63. The van der Waals surface area contributed by atoms with Crippen LogP contribution in [0.5, 0.6) is 0 Å². The Balaban J connectivity index is 1.45. The zero-order chi connectivity index (χ0) is 31.2. The first-order chi connectivity index (χ1) is 21.0. The number of allylic oxidation sites excluding steroid dienone is 1. The lowest BCUT2D eigenvalue weighted by Gasteiger charge is -2.56. The molecule has 0 unspecified atom stereocenters.